The summed E-state index contributed by atoms with van der Waals surface area (Å²) in [7, 11) is 0. The largest absolute Gasteiger partial charge is 0.383 e. The predicted octanol–water partition coefficient (Wildman–Crippen LogP) is 3.10. The van der Waals surface area contributed by atoms with Crippen LogP contribution < -0.4 is 5.73 Å². The molecule has 2 N–H and O–H groups in total. The van der Waals surface area contributed by atoms with E-state index in [0.29, 0.717) is 4.47 Å². The van der Waals surface area contributed by atoms with Crippen molar-refractivity contribution in [3.63, 3.8) is 0 Å². The fraction of sp³-hybridized carbons (Fsp3) is 0.0769. The molecule has 0 atom stereocenters. The summed E-state index contributed by atoms with van der Waals surface area (Å²) in [5, 5.41) is 0. The summed E-state index contributed by atoms with van der Waals surface area (Å²) in [6, 6.07) is 5.65. The number of hydrogen-bond donors (Lipinski definition) is 1. The van der Waals surface area contributed by atoms with Crippen molar-refractivity contribution >= 4 is 27.5 Å². The smallest absolute Gasteiger partial charge is 0.196 e. The van der Waals surface area contributed by atoms with Gasteiger partial charge in [-0.2, -0.15) is 0 Å². The number of benzene rings is 1. The van der Waals surface area contributed by atoms with Crippen molar-refractivity contribution in [1.29, 1.82) is 0 Å². The molecule has 1 heterocycles. The molecule has 0 fully saturated rings. The molecule has 0 aliphatic carbocycles. The lowest BCUT2D eigenvalue weighted by atomic mass is 10.0. The van der Waals surface area contributed by atoms with Gasteiger partial charge in [-0.25, -0.2) is 9.37 Å². The standard InChI is InChI=1S/C13H10BrFN2O/c1-7-2-11(13(16)17-6-7)12(18)8-3-9(14)5-10(15)4-8/h2-6H,1H3,(H2,16,17). The molecule has 1 aromatic carbocycles. The first-order valence-electron chi connectivity index (χ1n) is 5.20. The molecule has 0 spiro atoms. The number of aromatic nitrogens is 1. The second-order valence-corrected chi connectivity index (χ2v) is 4.85. The van der Waals surface area contributed by atoms with Crippen molar-refractivity contribution in [1.82, 2.24) is 4.98 Å². The van der Waals surface area contributed by atoms with Gasteiger partial charge in [0.2, 0.25) is 0 Å². The van der Waals surface area contributed by atoms with Crippen molar-refractivity contribution in [2.45, 2.75) is 6.92 Å². The van der Waals surface area contributed by atoms with Crippen LogP contribution in [0.1, 0.15) is 21.5 Å². The molecular weight excluding hydrogens is 299 g/mol. The Hall–Kier alpha value is -1.75. The maximum absolute atomic E-state index is 13.3. The van der Waals surface area contributed by atoms with E-state index in [-0.39, 0.29) is 22.7 Å². The van der Waals surface area contributed by atoms with Gasteiger partial charge in [0.1, 0.15) is 11.6 Å². The normalized spacial score (nSPS) is 10.4. The summed E-state index contributed by atoms with van der Waals surface area (Å²) in [4.78, 5) is 16.1. The Morgan fingerprint density at radius 3 is 2.72 bits per heavy atom. The Balaban J connectivity index is 2.51. The van der Waals surface area contributed by atoms with Gasteiger partial charge >= 0.3 is 0 Å². The molecule has 0 saturated carbocycles. The predicted molar refractivity (Wildman–Crippen MR) is 70.9 cm³/mol. The van der Waals surface area contributed by atoms with E-state index in [2.05, 4.69) is 20.9 Å². The van der Waals surface area contributed by atoms with Crippen LogP contribution in [0.5, 0.6) is 0 Å². The van der Waals surface area contributed by atoms with Gasteiger partial charge < -0.3 is 5.73 Å². The third-order valence-corrected chi connectivity index (χ3v) is 2.88. The van der Waals surface area contributed by atoms with E-state index in [9.17, 15) is 9.18 Å². The van der Waals surface area contributed by atoms with Crippen LogP contribution in [-0.4, -0.2) is 10.8 Å². The Labute approximate surface area is 112 Å². The number of nitrogens with two attached hydrogens (primary N) is 1. The van der Waals surface area contributed by atoms with E-state index in [1.807, 2.05) is 6.92 Å². The average Bonchev–Trinajstić information content (AvgIpc) is 2.30. The van der Waals surface area contributed by atoms with Crippen molar-refractivity contribution in [2.75, 3.05) is 5.73 Å². The van der Waals surface area contributed by atoms with Crippen molar-refractivity contribution in [3.8, 4) is 0 Å². The minimum absolute atomic E-state index is 0.144. The summed E-state index contributed by atoms with van der Waals surface area (Å²) >= 11 is 3.15. The number of hydrogen-bond acceptors (Lipinski definition) is 3. The summed E-state index contributed by atoms with van der Waals surface area (Å²) in [6.45, 7) is 1.81. The lowest BCUT2D eigenvalue weighted by molar-refractivity contribution is 0.103. The lowest BCUT2D eigenvalue weighted by Crippen LogP contribution is -2.08. The van der Waals surface area contributed by atoms with E-state index in [4.69, 9.17) is 5.73 Å². The second-order valence-electron chi connectivity index (χ2n) is 3.93. The summed E-state index contributed by atoms with van der Waals surface area (Å²) in [5.74, 6) is -0.679. The molecule has 0 saturated heterocycles. The molecule has 0 radical (unpaired) electrons. The number of carbonyl (C=O) groups is 1. The van der Waals surface area contributed by atoms with Crippen LogP contribution >= 0.6 is 15.9 Å². The fourth-order valence-electron chi connectivity index (χ4n) is 1.60. The number of nitrogen functional groups attached to an aromatic ring is 1. The maximum Gasteiger partial charge on any atom is 0.196 e. The van der Waals surface area contributed by atoms with Gasteiger partial charge in [0, 0.05) is 16.2 Å². The Morgan fingerprint density at radius 2 is 2.06 bits per heavy atom. The molecule has 1 aromatic heterocycles. The number of ketones is 1. The number of nitrogens with zero attached hydrogens (tertiary/aromatic N) is 1. The first kappa shape index (κ1) is 12.7. The number of rotatable bonds is 2. The number of halogens is 2. The molecule has 92 valence electrons. The molecule has 0 aliphatic heterocycles. The Morgan fingerprint density at radius 1 is 1.33 bits per heavy atom. The topological polar surface area (TPSA) is 56.0 Å². The third kappa shape index (κ3) is 2.56. The van der Waals surface area contributed by atoms with E-state index in [1.165, 1.54) is 12.1 Å². The molecule has 5 heteroatoms. The van der Waals surface area contributed by atoms with Crippen molar-refractivity contribution < 1.29 is 9.18 Å². The van der Waals surface area contributed by atoms with Crippen LogP contribution in [0.15, 0.2) is 34.9 Å². The first-order valence-corrected chi connectivity index (χ1v) is 5.99. The van der Waals surface area contributed by atoms with Gasteiger partial charge in [0.25, 0.3) is 0 Å². The number of aryl methyl sites for hydroxylation is 1. The van der Waals surface area contributed by atoms with Crippen molar-refractivity contribution in [3.05, 3.63) is 57.4 Å². The molecule has 3 nitrogen and oxygen atoms in total. The van der Waals surface area contributed by atoms with Crippen LogP contribution in [0.3, 0.4) is 0 Å². The first-order chi connectivity index (χ1) is 8.47. The molecule has 0 aliphatic rings. The molecule has 0 bridgehead atoms. The minimum Gasteiger partial charge on any atom is -0.383 e. The molecule has 0 amide bonds. The minimum atomic E-state index is -0.480. The Bertz CT molecular complexity index is 608. The SMILES string of the molecule is Cc1cnc(N)c(C(=O)c2cc(F)cc(Br)c2)c1. The lowest BCUT2D eigenvalue weighted by Gasteiger charge is -2.06. The van der Waals surface area contributed by atoms with E-state index >= 15 is 0 Å². The van der Waals surface area contributed by atoms with Gasteiger partial charge in [-0.1, -0.05) is 15.9 Å². The highest BCUT2D eigenvalue weighted by Gasteiger charge is 2.15. The van der Waals surface area contributed by atoms with Gasteiger partial charge in [-0.05, 0) is 36.8 Å². The van der Waals surface area contributed by atoms with Gasteiger partial charge in [0.05, 0.1) is 5.56 Å². The maximum atomic E-state index is 13.3. The number of carbonyl (C=O) groups excluding carboxylic acids is 1. The molecule has 2 rings (SSSR count). The van der Waals surface area contributed by atoms with Gasteiger partial charge in [-0.15, -0.1) is 0 Å². The molecule has 2 aromatic rings. The monoisotopic (exact) mass is 308 g/mol. The van der Waals surface area contributed by atoms with Crippen LogP contribution in [0.25, 0.3) is 0 Å². The number of anilines is 1. The van der Waals surface area contributed by atoms with E-state index in [0.717, 1.165) is 5.56 Å². The van der Waals surface area contributed by atoms with E-state index in [1.54, 1.807) is 18.3 Å². The van der Waals surface area contributed by atoms with Crippen LogP contribution in [0.2, 0.25) is 0 Å². The van der Waals surface area contributed by atoms with Crippen molar-refractivity contribution in [2.24, 2.45) is 0 Å². The zero-order valence-electron chi connectivity index (χ0n) is 9.58. The third-order valence-electron chi connectivity index (χ3n) is 2.42. The zero-order chi connectivity index (χ0) is 13.3. The quantitative estimate of drug-likeness (QED) is 0.867. The van der Waals surface area contributed by atoms with E-state index < -0.39 is 5.82 Å². The molecule has 0 unspecified atom stereocenters. The Kier molecular flexibility index (Phi) is 3.43. The highest BCUT2D eigenvalue weighted by atomic mass is 79.9. The highest BCUT2D eigenvalue weighted by Crippen LogP contribution is 2.20. The zero-order valence-corrected chi connectivity index (χ0v) is 11.2. The molecular formula is C13H10BrFN2O. The van der Waals surface area contributed by atoms with Gasteiger partial charge in [-0.3, -0.25) is 4.79 Å². The average molecular weight is 309 g/mol. The van der Waals surface area contributed by atoms with Gasteiger partial charge in [0.15, 0.2) is 5.78 Å². The van der Waals surface area contributed by atoms with Crippen LogP contribution in [-0.2, 0) is 0 Å². The summed E-state index contributed by atoms with van der Waals surface area (Å²) < 4.78 is 13.8. The number of pyridine rings is 1. The second kappa shape index (κ2) is 4.86. The molecule has 18 heavy (non-hydrogen) atoms. The summed E-state index contributed by atoms with van der Waals surface area (Å²) in [6.07, 6.45) is 1.58. The fourth-order valence-corrected chi connectivity index (χ4v) is 2.07. The summed E-state index contributed by atoms with van der Waals surface area (Å²) in [5.41, 5.74) is 7.01. The highest BCUT2D eigenvalue weighted by molar-refractivity contribution is 9.10. The van der Waals surface area contributed by atoms with Crippen LogP contribution in [0, 0.1) is 12.7 Å². The van der Waals surface area contributed by atoms with Crippen LogP contribution in [0.4, 0.5) is 10.2 Å².